The minimum Gasteiger partial charge on any atom is -0.493 e. The van der Waals surface area contributed by atoms with Gasteiger partial charge in [0.1, 0.15) is 5.75 Å². The molecule has 0 fully saturated rings. The molecule has 1 aliphatic rings. The number of rotatable bonds is 7. The van der Waals surface area contributed by atoms with E-state index < -0.39 is 0 Å². The van der Waals surface area contributed by atoms with Crippen LogP contribution in [0.15, 0.2) is 16.6 Å². The zero-order valence-electron chi connectivity index (χ0n) is 13.8. The Morgan fingerprint density at radius 3 is 2.81 bits per heavy atom. The lowest BCUT2D eigenvalue weighted by Gasteiger charge is -2.35. The first kappa shape index (κ1) is 16.8. The van der Waals surface area contributed by atoms with Crippen LogP contribution in [-0.2, 0) is 12.8 Å². The Labute approximate surface area is 137 Å². The molecule has 1 atom stereocenters. The van der Waals surface area contributed by atoms with Gasteiger partial charge in [-0.1, -0.05) is 43.6 Å². The summed E-state index contributed by atoms with van der Waals surface area (Å²) in [7, 11) is 0. The monoisotopic (exact) mass is 353 g/mol. The van der Waals surface area contributed by atoms with Gasteiger partial charge in [-0.15, -0.1) is 0 Å². The summed E-state index contributed by atoms with van der Waals surface area (Å²) < 4.78 is 7.07. The van der Waals surface area contributed by atoms with Crippen LogP contribution in [0, 0.1) is 11.3 Å². The van der Waals surface area contributed by atoms with E-state index in [2.05, 4.69) is 61.1 Å². The summed E-state index contributed by atoms with van der Waals surface area (Å²) in [4.78, 5) is 0. The summed E-state index contributed by atoms with van der Waals surface area (Å²) >= 11 is 3.65. The van der Waals surface area contributed by atoms with E-state index in [1.165, 1.54) is 22.0 Å². The molecule has 0 bridgehead atoms. The second-order valence-electron chi connectivity index (χ2n) is 6.81. The van der Waals surface area contributed by atoms with Crippen LogP contribution >= 0.6 is 15.9 Å². The van der Waals surface area contributed by atoms with E-state index in [-0.39, 0.29) is 5.41 Å². The van der Waals surface area contributed by atoms with E-state index in [9.17, 15) is 0 Å². The maximum absolute atomic E-state index is 5.89. The molecule has 1 aromatic rings. The third-order valence-electron chi connectivity index (χ3n) is 4.77. The molecular weight excluding hydrogens is 326 g/mol. The summed E-state index contributed by atoms with van der Waals surface area (Å²) in [6, 6.07) is 4.44. The largest absolute Gasteiger partial charge is 0.493 e. The van der Waals surface area contributed by atoms with Gasteiger partial charge in [-0.05, 0) is 54.0 Å². The Kier molecular flexibility index (Phi) is 5.73. The number of halogens is 1. The van der Waals surface area contributed by atoms with Gasteiger partial charge in [-0.25, -0.2) is 0 Å². The maximum Gasteiger partial charge on any atom is 0.125 e. The van der Waals surface area contributed by atoms with E-state index in [0.29, 0.717) is 5.92 Å². The average Bonchev–Trinajstić information content (AvgIpc) is 2.87. The molecule has 0 saturated carbocycles. The van der Waals surface area contributed by atoms with E-state index in [0.717, 1.165) is 38.3 Å². The summed E-state index contributed by atoms with van der Waals surface area (Å²) in [5.41, 5.74) is 2.95. The Balaban J connectivity index is 2.21. The lowest BCUT2D eigenvalue weighted by molar-refractivity contribution is 0.205. The Bertz CT molecular complexity index is 486. The van der Waals surface area contributed by atoms with Crippen molar-refractivity contribution in [3.63, 3.8) is 0 Å². The molecule has 0 aliphatic carbocycles. The fourth-order valence-corrected chi connectivity index (χ4v) is 3.49. The van der Waals surface area contributed by atoms with E-state index in [4.69, 9.17) is 4.74 Å². The molecular formula is C18H28BrNO. The van der Waals surface area contributed by atoms with Crippen molar-refractivity contribution in [2.75, 3.05) is 19.7 Å². The second kappa shape index (κ2) is 7.15. The SMILES string of the molecule is CCCNCC(C)(Cc1cc(Br)cc2c1OCC2)C(C)C. The summed E-state index contributed by atoms with van der Waals surface area (Å²) in [5, 5.41) is 3.61. The molecule has 3 heteroatoms. The lowest BCUT2D eigenvalue weighted by Crippen LogP contribution is -2.38. The Morgan fingerprint density at radius 1 is 1.38 bits per heavy atom. The molecule has 0 radical (unpaired) electrons. The average molecular weight is 354 g/mol. The standard InChI is InChI=1S/C18H28BrNO/c1-5-7-20-12-18(4,13(2)3)11-15-10-16(19)9-14-6-8-21-17(14)15/h9-10,13,20H,5-8,11-12H2,1-4H3. The highest BCUT2D eigenvalue weighted by Crippen LogP contribution is 2.39. The number of fused-ring (bicyclic) bond motifs is 1. The van der Waals surface area contributed by atoms with Crippen LogP contribution in [-0.4, -0.2) is 19.7 Å². The van der Waals surface area contributed by atoms with Crippen molar-refractivity contribution in [1.29, 1.82) is 0 Å². The van der Waals surface area contributed by atoms with Crippen LogP contribution in [0.2, 0.25) is 0 Å². The second-order valence-corrected chi connectivity index (χ2v) is 7.73. The molecule has 1 aromatic carbocycles. The first-order chi connectivity index (χ1) is 9.96. The van der Waals surface area contributed by atoms with Crippen molar-refractivity contribution >= 4 is 15.9 Å². The van der Waals surface area contributed by atoms with Gasteiger partial charge in [0.25, 0.3) is 0 Å². The molecule has 0 spiro atoms. The number of ether oxygens (including phenoxy) is 1. The van der Waals surface area contributed by atoms with Crippen LogP contribution in [0.4, 0.5) is 0 Å². The molecule has 1 unspecified atom stereocenters. The van der Waals surface area contributed by atoms with Crippen molar-refractivity contribution in [2.24, 2.45) is 11.3 Å². The molecule has 118 valence electrons. The van der Waals surface area contributed by atoms with Crippen LogP contribution in [0.1, 0.15) is 45.2 Å². The smallest absolute Gasteiger partial charge is 0.125 e. The Morgan fingerprint density at radius 2 is 2.14 bits per heavy atom. The molecule has 21 heavy (non-hydrogen) atoms. The zero-order chi connectivity index (χ0) is 15.5. The third kappa shape index (κ3) is 4.01. The summed E-state index contributed by atoms with van der Waals surface area (Å²) in [6.07, 6.45) is 3.28. The first-order valence-electron chi connectivity index (χ1n) is 8.11. The molecule has 0 aromatic heterocycles. The lowest BCUT2D eigenvalue weighted by atomic mass is 9.74. The minimum absolute atomic E-state index is 0.246. The highest BCUT2D eigenvalue weighted by Gasteiger charge is 2.31. The highest BCUT2D eigenvalue weighted by atomic mass is 79.9. The predicted octanol–water partition coefficient (Wildman–Crippen LogP) is 4.59. The van der Waals surface area contributed by atoms with Crippen molar-refractivity contribution in [1.82, 2.24) is 5.32 Å². The van der Waals surface area contributed by atoms with Crippen molar-refractivity contribution in [3.05, 3.63) is 27.7 Å². The summed E-state index contributed by atoms with van der Waals surface area (Å²) in [5.74, 6) is 1.76. The van der Waals surface area contributed by atoms with Gasteiger partial charge in [0.2, 0.25) is 0 Å². The van der Waals surface area contributed by atoms with Gasteiger partial charge in [0.05, 0.1) is 6.61 Å². The van der Waals surface area contributed by atoms with Gasteiger partial charge in [0.15, 0.2) is 0 Å². The zero-order valence-corrected chi connectivity index (χ0v) is 15.3. The van der Waals surface area contributed by atoms with Crippen molar-refractivity contribution in [3.8, 4) is 5.75 Å². The number of benzene rings is 1. The van der Waals surface area contributed by atoms with Crippen LogP contribution in [0.25, 0.3) is 0 Å². The first-order valence-corrected chi connectivity index (χ1v) is 8.90. The quantitative estimate of drug-likeness (QED) is 0.723. The maximum atomic E-state index is 5.89. The molecule has 1 N–H and O–H groups in total. The number of hydrogen-bond donors (Lipinski definition) is 1. The van der Waals surface area contributed by atoms with Crippen LogP contribution in [0.3, 0.4) is 0 Å². The number of nitrogens with one attached hydrogen (secondary N) is 1. The summed E-state index contributed by atoms with van der Waals surface area (Å²) in [6.45, 7) is 12.2. The van der Waals surface area contributed by atoms with Gasteiger partial charge < -0.3 is 10.1 Å². The molecule has 0 saturated heterocycles. The molecule has 1 heterocycles. The van der Waals surface area contributed by atoms with Crippen LogP contribution < -0.4 is 10.1 Å². The minimum atomic E-state index is 0.246. The normalized spacial score (nSPS) is 16.7. The molecule has 2 rings (SSSR count). The molecule has 0 amide bonds. The fraction of sp³-hybridized carbons (Fsp3) is 0.667. The fourth-order valence-electron chi connectivity index (χ4n) is 2.93. The van der Waals surface area contributed by atoms with E-state index in [1.54, 1.807) is 0 Å². The van der Waals surface area contributed by atoms with Crippen LogP contribution in [0.5, 0.6) is 5.75 Å². The van der Waals surface area contributed by atoms with E-state index in [1.807, 2.05) is 0 Å². The van der Waals surface area contributed by atoms with Gasteiger partial charge >= 0.3 is 0 Å². The van der Waals surface area contributed by atoms with Gasteiger partial charge in [-0.2, -0.15) is 0 Å². The topological polar surface area (TPSA) is 21.3 Å². The predicted molar refractivity (Wildman–Crippen MR) is 93.2 cm³/mol. The molecule has 2 nitrogen and oxygen atoms in total. The van der Waals surface area contributed by atoms with Crippen molar-refractivity contribution < 1.29 is 4.74 Å². The Hall–Kier alpha value is -0.540. The highest BCUT2D eigenvalue weighted by molar-refractivity contribution is 9.10. The van der Waals surface area contributed by atoms with Crippen molar-refractivity contribution in [2.45, 2.75) is 47.0 Å². The third-order valence-corrected chi connectivity index (χ3v) is 5.23. The van der Waals surface area contributed by atoms with Gasteiger partial charge in [-0.3, -0.25) is 0 Å². The number of hydrogen-bond acceptors (Lipinski definition) is 2. The van der Waals surface area contributed by atoms with Gasteiger partial charge in [0, 0.05) is 17.4 Å². The van der Waals surface area contributed by atoms with E-state index >= 15 is 0 Å². The molecule has 1 aliphatic heterocycles.